The van der Waals surface area contributed by atoms with Crippen LogP contribution in [0, 0.1) is 11.3 Å². The SMILES string of the molecule is CC(Cc1noc(-c2cc(C#N)cn2C)n1)N(C)C(=O)OC(C)(C)C. The average Bonchev–Trinajstić information content (AvgIpc) is 3.10. The Labute approximate surface area is 147 Å². The van der Waals surface area contributed by atoms with Gasteiger partial charge in [-0.05, 0) is 33.8 Å². The fraction of sp³-hybridized carbons (Fsp3) is 0.529. The highest BCUT2D eigenvalue weighted by Crippen LogP contribution is 2.20. The van der Waals surface area contributed by atoms with Crippen LogP contribution >= 0.6 is 0 Å². The molecule has 25 heavy (non-hydrogen) atoms. The topological polar surface area (TPSA) is 97.2 Å². The second-order valence-corrected chi connectivity index (χ2v) is 7.00. The molecule has 0 aromatic carbocycles. The fourth-order valence-electron chi connectivity index (χ4n) is 2.19. The summed E-state index contributed by atoms with van der Waals surface area (Å²) in [5, 5.41) is 12.9. The van der Waals surface area contributed by atoms with E-state index in [-0.39, 0.29) is 6.04 Å². The number of hydrogen-bond donors (Lipinski definition) is 0. The first-order chi connectivity index (χ1) is 11.6. The Balaban J connectivity index is 2.06. The van der Waals surface area contributed by atoms with Crippen LogP contribution in [-0.4, -0.2) is 44.4 Å². The lowest BCUT2D eigenvalue weighted by Gasteiger charge is -2.28. The molecule has 2 aromatic rings. The molecule has 8 nitrogen and oxygen atoms in total. The van der Waals surface area contributed by atoms with Gasteiger partial charge < -0.3 is 18.7 Å². The molecule has 0 aliphatic carbocycles. The summed E-state index contributed by atoms with van der Waals surface area (Å²) in [4.78, 5) is 18.0. The number of rotatable bonds is 4. The second-order valence-electron chi connectivity index (χ2n) is 7.00. The normalized spacial score (nSPS) is 12.5. The van der Waals surface area contributed by atoms with Crippen molar-refractivity contribution in [3.8, 4) is 17.7 Å². The molecule has 2 heterocycles. The molecule has 1 atom stereocenters. The van der Waals surface area contributed by atoms with Crippen molar-refractivity contribution in [1.82, 2.24) is 19.6 Å². The molecule has 134 valence electrons. The van der Waals surface area contributed by atoms with Crippen LogP contribution in [0.3, 0.4) is 0 Å². The van der Waals surface area contributed by atoms with Gasteiger partial charge in [-0.3, -0.25) is 0 Å². The predicted molar refractivity (Wildman–Crippen MR) is 90.6 cm³/mol. The van der Waals surface area contributed by atoms with Crippen LogP contribution in [0.4, 0.5) is 4.79 Å². The Bertz CT molecular complexity index is 794. The van der Waals surface area contributed by atoms with Crippen LogP contribution in [0.15, 0.2) is 16.8 Å². The average molecular weight is 345 g/mol. The molecule has 0 N–H and O–H groups in total. The van der Waals surface area contributed by atoms with Crippen molar-refractivity contribution in [2.24, 2.45) is 7.05 Å². The first-order valence-corrected chi connectivity index (χ1v) is 7.96. The van der Waals surface area contributed by atoms with Gasteiger partial charge in [-0.1, -0.05) is 5.16 Å². The summed E-state index contributed by atoms with van der Waals surface area (Å²) in [7, 11) is 3.48. The van der Waals surface area contributed by atoms with E-state index in [1.807, 2.05) is 27.7 Å². The maximum atomic E-state index is 12.1. The van der Waals surface area contributed by atoms with Gasteiger partial charge in [-0.25, -0.2) is 4.79 Å². The lowest BCUT2D eigenvalue weighted by atomic mass is 10.2. The van der Waals surface area contributed by atoms with Gasteiger partial charge in [-0.15, -0.1) is 0 Å². The molecule has 0 radical (unpaired) electrons. The number of hydrogen-bond acceptors (Lipinski definition) is 6. The third-order valence-corrected chi connectivity index (χ3v) is 3.64. The standard InChI is InChI=1S/C17H23N5O3/c1-11(22(6)16(23)24-17(2,3)4)7-14-19-15(25-20-14)13-8-12(9-18)10-21(13)5/h8,10-11H,7H2,1-6H3. The van der Waals surface area contributed by atoms with Gasteiger partial charge in [0.05, 0.1) is 5.56 Å². The number of aryl methyl sites for hydroxylation is 1. The summed E-state index contributed by atoms with van der Waals surface area (Å²) >= 11 is 0. The second kappa shape index (κ2) is 6.97. The Morgan fingerprint density at radius 2 is 2.20 bits per heavy atom. The van der Waals surface area contributed by atoms with E-state index in [0.29, 0.717) is 29.4 Å². The molecule has 0 saturated heterocycles. The summed E-state index contributed by atoms with van der Waals surface area (Å²) in [6.45, 7) is 7.36. The third-order valence-electron chi connectivity index (χ3n) is 3.64. The van der Waals surface area contributed by atoms with E-state index in [2.05, 4.69) is 16.2 Å². The molecule has 0 bridgehead atoms. The summed E-state index contributed by atoms with van der Waals surface area (Å²) in [6.07, 6.45) is 1.72. The van der Waals surface area contributed by atoms with Crippen molar-refractivity contribution in [3.63, 3.8) is 0 Å². The summed E-state index contributed by atoms with van der Waals surface area (Å²) in [5.74, 6) is 0.823. The summed E-state index contributed by atoms with van der Waals surface area (Å²) < 4.78 is 12.4. The largest absolute Gasteiger partial charge is 0.444 e. The highest BCUT2D eigenvalue weighted by Gasteiger charge is 2.24. The maximum absolute atomic E-state index is 12.1. The van der Waals surface area contributed by atoms with Crippen LogP contribution in [0.25, 0.3) is 11.6 Å². The van der Waals surface area contributed by atoms with Crippen molar-refractivity contribution in [3.05, 3.63) is 23.7 Å². The molecule has 0 fully saturated rings. The molecule has 0 aliphatic rings. The number of amides is 1. The van der Waals surface area contributed by atoms with Gasteiger partial charge in [0.2, 0.25) is 0 Å². The van der Waals surface area contributed by atoms with E-state index < -0.39 is 11.7 Å². The number of carbonyl (C=O) groups excluding carboxylic acids is 1. The first-order valence-electron chi connectivity index (χ1n) is 7.96. The van der Waals surface area contributed by atoms with E-state index in [9.17, 15) is 4.79 Å². The minimum atomic E-state index is -0.546. The van der Waals surface area contributed by atoms with Gasteiger partial charge in [0, 0.05) is 32.8 Å². The number of ether oxygens (including phenoxy) is 1. The quantitative estimate of drug-likeness (QED) is 0.845. The van der Waals surface area contributed by atoms with Crippen molar-refractivity contribution in [1.29, 1.82) is 5.26 Å². The molecule has 0 spiro atoms. The highest BCUT2D eigenvalue weighted by atomic mass is 16.6. The molecule has 1 unspecified atom stereocenters. The fourth-order valence-corrected chi connectivity index (χ4v) is 2.19. The Morgan fingerprint density at radius 3 is 2.76 bits per heavy atom. The van der Waals surface area contributed by atoms with E-state index >= 15 is 0 Å². The van der Waals surface area contributed by atoms with Crippen molar-refractivity contribution >= 4 is 6.09 Å². The Morgan fingerprint density at radius 1 is 1.52 bits per heavy atom. The number of nitrogens with zero attached hydrogens (tertiary/aromatic N) is 5. The van der Waals surface area contributed by atoms with Crippen LogP contribution in [0.5, 0.6) is 0 Å². The van der Waals surface area contributed by atoms with E-state index in [1.165, 1.54) is 4.90 Å². The molecule has 0 aliphatic heterocycles. The van der Waals surface area contributed by atoms with Gasteiger partial charge in [0.1, 0.15) is 17.4 Å². The van der Waals surface area contributed by atoms with Gasteiger partial charge in [0.15, 0.2) is 5.82 Å². The first kappa shape index (κ1) is 18.5. The zero-order valence-electron chi connectivity index (χ0n) is 15.4. The molecule has 0 saturated carbocycles. The Kier molecular flexibility index (Phi) is 5.16. The molecule has 1 amide bonds. The van der Waals surface area contributed by atoms with E-state index in [0.717, 1.165) is 0 Å². The van der Waals surface area contributed by atoms with Crippen LogP contribution in [0.1, 0.15) is 39.1 Å². The zero-order valence-corrected chi connectivity index (χ0v) is 15.4. The van der Waals surface area contributed by atoms with E-state index in [1.54, 1.807) is 30.9 Å². The molecular weight excluding hydrogens is 322 g/mol. The predicted octanol–water partition coefficient (Wildman–Crippen LogP) is 2.74. The Hall–Kier alpha value is -2.82. The minimum Gasteiger partial charge on any atom is -0.444 e. The number of carbonyl (C=O) groups is 1. The lowest BCUT2D eigenvalue weighted by Crippen LogP contribution is -2.40. The monoisotopic (exact) mass is 345 g/mol. The van der Waals surface area contributed by atoms with E-state index in [4.69, 9.17) is 14.5 Å². The maximum Gasteiger partial charge on any atom is 0.410 e. The van der Waals surface area contributed by atoms with Gasteiger partial charge in [0.25, 0.3) is 5.89 Å². The molecule has 2 rings (SSSR count). The van der Waals surface area contributed by atoms with Crippen molar-refractivity contribution in [2.45, 2.75) is 45.8 Å². The van der Waals surface area contributed by atoms with Crippen molar-refractivity contribution in [2.75, 3.05) is 7.05 Å². The number of nitriles is 1. The third kappa shape index (κ3) is 4.59. The molecular formula is C17H23N5O3. The highest BCUT2D eigenvalue weighted by molar-refractivity contribution is 5.68. The summed E-state index contributed by atoms with van der Waals surface area (Å²) in [6, 6.07) is 3.60. The number of likely N-dealkylation sites (N-methyl/N-ethyl adjacent to an activating group) is 1. The van der Waals surface area contributed by atoms with Crippen LogP contribution in [-0.2, 0) is 18.2 Å². The molecule has 8 heteroatoms. The smallest absolute Gasteiger partial charge is 0.410 e. The lowest BCUT2D eigenvalue weighted by molar-refractivity contribution is 0.0234. The van der Waals surface area contributed by atoms with Gasteiger partial charge in [-0.2, -0.15) is 10.2 Å². The van der Waals surface area contributed by atoms with Crippen molar-refractivity contribution < 1.29 is 14.1 Å². The van der Waals surface area contributed by atoms with Gasteiger partial charge >= 0.3 is 6.09 Å². The summed E-state index contributed by atoms with van der Waals surface area (Å²) in [5.41, 5.74) is 0.647. The molecule has 2 aromatic heterocycles. The minimum absolute atomic E-state index is 0.164. The van der Waals surface area contributed by atoms with Crippen LogP contribution < -0.4 is 0 Å². The zero-order chi connectivity index (χ0) is 18.8. The van der Waals surface area contributed by atoms with Crippen LogP contribution in [0.2, 0.25) is 0 Å². The number of aromatic nitrogens is 3.